The second-order valence-corrected chi connectivity index (χ2v) is 9.87. The van der Waals surface area contributed by atoms with Crippen LogP contribution in [-0.4, -0.2) is 17.5 Å². The summed E-state index contributed by atoms with van der Waals surface area (Å²) in [5.74, 6) is 2.24. The van der Waals surface area contributed by atoms with Gasteiger partial charge in [0.1, 0.15) is 11.3 Å². The summed E-state index contributed by atoms with van der Waals surface area (Å²) < 4.78 is 11.7. The van der Waals surface area contributed by atoms with Crippen LogP contribution in [0.25, 0.3) is 22.6 Å². The molecule has 3 aromatic carbocycles. The van der Waals surface area contributed by atoms with Gasteiger partial charge in [0.2, 0.25) is 5.89 Å². The van der Waals surface area contributed by atoms with Gasteiger partial charge in [-0.2, -0.15) is 0 Å². The zero-order valence-corrected chi connectivity index (χ0v) is 21.1. The van der Waals surface area contributed by atoms with Crippen LogP contribution in [-0.2, 0) is 4.79 Å². The molecule has 0 bridgehead atoms. The fourth-order valence-electron chi connectivity index (χ4n) is 4.92. The second kappa shape index (κ2) is 11.0. The SMILES string of the molecule is CC[C@@H](C)c1ccc2oc(-c3ccc(NC(=O)COc4ccc(C5CCCCC5)cc4)cc3)nc2c1. The molecule has 5 rings (SSSR count). The number of fused-ring (bicyclic) bond motifs is 1. The molecular weight excluding hydrogens is 448 g/mol. The van der Waals surface area contributed by atoms with Gasteiger partial charge in [0.15, 0.2) is 12.2 Å². The molecule has 5 nitrogen and oxygen atoms in total. The largest absolute Gasteiger partial charge is 0.484 e. The molecule has 1 aliphatic rings. The van der Waals surface area contributed by atoms with E-state index in [2.05, 4.69) is 48.4 Å². The van der Waals surface area contributed by atoms with Crippen molar-refractivity contribution < 1.29 is 13.9 Å². The maximum Gasteiger partial charge on any atom is 0.262 e. The lowest BCUT2D eigenvalue weighted by Crippen LogP contribution is -2.20. The number of rotatable bonds is 8. The van der Waals surface area contributed by atoms with Gasteiger partial charge in [-0.3, -0.25) is 4.79 Å². The lowest BCUT2D eigenvalue weighted by molar-refractivity contribution is -0.118. The van der Waals surface area contributed by atoms with E-state index in [4.69, 9.17) is 9.15 Å². The molecule has 1 saturated carbocycles. The number of anilines is 1. The molecule has 1 fully saturated rings. The van der Waals surface area contributed by atoms with Gasteiger partial charge < -0.3 is 14.5 Å². The Morgan fingerprint density at radius 1 is 1.03 bits per heavy atom. The fraction of sp³-hybridized carbons (Fsp3) is 0.355. The van der Waals surface area contributed by atoms with Gasteiger partial charge in [0, 0.05) is 11.3 Å². The highest BCUT2D eigenvalue weighted by Crippen LogP contribution is 2.33. The fourth-order valence-corrected chi connectivity index (χ4v) is 4.92. The van der Waals surface area contributed by atoms with Crippen LogP contribution < -0.4 is 10.1 Å². The smallest absolute Gasteiger partial charge is 0.262 e. The molecule has 1 aromatic heterocycles. The van der Waals surface area contributed by atoms with Crippen LogP contribution in [0.15, 0.2) is 71.1 Å². The van der Waals surface area contributed by atoms with Crippen molar-refractivity contribution in [1.82, 2.24) is 4.98 Å². The van der Waals surface area contributed by atoms with Crippen molar-refractivity contribution >= 4 is 22.7 Å². The van der Waals surface area contributed by atoms with Crippen molar-refractivity contribution in [3.63, 3.8) is 0 Å². The summed E-state index contributed by atoms with van der Waals surface area (Å²) in [4.78, 5) is 17.1. The average Bonchev–Trinajstić information content (AvgIpc) is 3.36. The van der Waals surface area contributed by atoms with Gasteiger partial charge in [-0.25, -0.2) is 4.98 Å². The monoisotopic (exact) mass is 482 g/mol. The highest BCUT2D eigenvalue weighted by atomic mass is 16.5. The number of hydrogen-bond donors (Lipinski definition) is 1. The Bertz CT molecular complexity index is 1300. The number of nitrogens with one attached hydrogen (secondary N) is 1. The Morgan fingerprint density at radius 3 is 2.50 bits per heavy atom. The van der Waals surface area contributed by atoms with Crippen molar-refractivity contribution in [3.8, 4) is 17.2 Å². The first-order valence-electron chi connectivity index (χ1n) is 13.1. The Labute approximate surface area is 212 Å². The van der Waals surface area contributed by atoms with E-state index in [0.717, 1.165) is 23.1 Å². The third kappa shape index (κ3) is 5.62. The summed E-state index contributed by atoms with van der Waals surface area (Å²) in [5.41, 5.74) is 5.85. The third-order valence-electron chi connectivity index (χ3n) is 7.34. The van der Waals surface area contributed by atoms with E-state index in [1.165, 1.54) is 43.2 Å². The molecule has 1 amide bonds. The van der Waals surface area contributed by atoms with Gasteiger partial charge >= 0.3 is 0 Å². The average molecular weight is 483 g/mol. The topological polar surface area (TPSA) is 64.4 Å². The molecule has 36 heavy (non-hydrogen) atoms. The Hall–Kier alpha value is -3.60. The van der Waals surface area contributed by atoms with Crippen molar-refractivity contribution in [3.05, 3.63) is 77.9 Å². The molecule has 0 unspecified atom stereocenters. The zero-order valence-electron chi connectivity index (χ0n) is 21.1. The standard InChI is InChI=1S/C31H34N2O3/c1-3-21(2)25-13-18-29-28(19-25)33-31(36-29)24-9-14-26(15-10-24)32-30(34)20-35-27-16-11-23(12-17-27)22-7-5-4-6-8-22/h9-19,21-22H,3-8,20H2,1-2H3,(H,32,34)/t21-/m1/s1. The van der Waals surface area contributed by atoms with E-state index in [1.807, 2.05) is 42.5 Å². The molecule has 0 aliphatic heterocycles. The maximum absolute atomic E-state index is 12.4. The maximum atomic E-state index is 12.4. The molecule has 4 aromatic rings. The minimum atomic E-state index is -0.196. The van der Waals surface area contributed by atoms with Crippen molar-refractivity contribution in [2.75, 3.05) is 11.9 Å². The predicted octanol–water partition coefficient (Wildman–Crippen LogP) is 8.07. The van der Waals surface area contributed by atoms with Crippen LogP contribution in [0.1, 0.15) is 75.3 Å². The first kappa shape index (κ1) is 24.1. The summed E-state index contributed by atoms with van der Waals surface area (Å²) in [7, 11) is 0. The number of carbonyl (C=O) groups is 1. The number of aromatic nitrogens is 1. The summed E-state index contributed by atoms with van der Waals surface area (Å²) >= 11 is 0. The van der Waals surface area contributed by atoms with E-state index in [-0.39, 0.29) is 12.5 Å². The molecule has 0 spiro atoms. The summed E-state index contributed by atoms with van der Waals surface area (Å²) in [6, 6.07) is 21.9. The summed E-state index contributed by atoms with van der Waals surface area (Å²) in [5, 5.41) is 2.89. The lowest BCUT2D eigenvalue weighted by Gasteiger charge is -2.22. The summed E-state index contributed by atoms with van der Waals surface area (Å²) in [6.07, 6.45) is 7.61. The molecule has 186 valence electrons. The molecule has 1 heterocycles. The minimum Gasteiger partial charge on any atom is -0.484 e. The predicted molar refractivity (Wildman–Crippen MR) is 145 cm³/mol. The molecule has 5 heteroatoms. The van der Waals surface area contributed by atoms with Crippen LogP contribution in [0.5, 0.6) is 5.75 Å². The first-order valence-corrected chi connectivity index (χ1v) is 13.1. The quantitative estimate of drug-likeness (QED) is 0.276. The lowest BCUT2D eigenvalue weighted by atomic mass is 9.84. The van der Waals surface area contributed by atoms with Crippen LogP contribution >= 0.6 is 0 Å². The normalized spacial score (nSPS) is 15.1. The van der Waals surface area contributed by atoms with Gasteiger partial charge in [-0.1, -0.05) is 51.3 Å². The van der Waals surface area contributed by atoms with E-state index in [0.29, 0.717) is 29.2 Å². The number of nitrogens with zero attached hydrogens (tertiary/aromatic N) is 1. The third-order valence-corrected chi connectivity index (χ3v) is 7.34. The molecule has 1 N–H and O–H groups in total. The first-order chi connectivity index (χ1) is 17.6. The zero-order chi connectivity index (χ0) is 24.9. The Balaban J connectivity index is 1.16. The molecule has 0 saturated heterocycles. The van der Waals surface area contributed by atoms with Crippen LogP contribution in [0, 0.1) is 0 Å². The number of hydrogen-bond acceptors (Lipinski definition) is 4. The van der Waals surface area contributed by atoms with Gasteiger partial charge in [0.25, 0.3) is 5.91 Å². The number of amides is 1. The molecular formula is C31H34N2O3. The van der Waals surface area contributed by atoms with E-state index in [1.54, 1.807) is 0 Å². The molecule has 0 radical (unpaired) electrons. The highest BCUT2D eigenvalue weighted by molar-refractivity contribution is 5.92. The summed E-state index contributed by atoms with van der Waals surface area (Å²) in [6.45, 7) is 4.37. The van der Waals surface area contributed by atoms with Crippen molar-refractivity contribution in [1.29, 1.82) is 0 Å². The minimum absolute atomic E-state index is 0.0336. The molecule has 1 aliphatic carbocycles. The molecule has 1 atom stereocenters. The van der Waals surface area contributed by atoms with Gasteiger partial charge in [-0.15, -0.1) is 0 Å². The number of oxazole rings is 1. The van der Waals surface area contributed by atoms with Crippen LogP contribution in [0.3, 0.4) is 0 Å². The van der Waals surface area contributed by atoms with Gasteiger partial charge in [0.05, 0.1) is 0 Å². The van der Waals surface area contributed by atoms with E-state index < -0.39 is 0 Å². The Morgan fingerprint density at radius 2 is 1.78 bits per heavy atom. The van der Waals surface area contributed by atoms with E-state index in [9.17, 15) is 4.79 Å². The van der Waals surface area contributed by atoms with Crippen molar-refractivity contribution in [2.24, 2.45) is 0 Å². The number of ether oxygens (including phenoxy) is 1. The number of carbonyl (C=O) groups excluding carboxylic acids is 1. The number of benzene rings is 3. The highest BCUT2D eigenvalue weighted by Gasteiger charge is 2.15. The van der Waals surface area contributed by atoms with E-state index >= 15 is 0 Å². The second-order valence-electron chi connectivity index (χ2n) is 9.87. The van der Waals surface area contributed by atoms with Crippen LogP contribution in [0.2, 0.25) is 0 Å². The Kier molecular flexibility index (Phi) is 7.36. The van der Waals surface area contributed by atoms with Gasteiger partial charge in [-0.05, 0) is 90.8 Å². The van der Waals surface area contributed by atoms with Crippen molar-refractivity contribution in [2.45, 2.75) is 64.2 Å². The van der Waals surface area contributed by atoms with Crippen LogP contribution in [0.4, 0.5) is 5.69 Å².